The van der Waals surface area contributed by atoms with Crippen LogP contribution < -0.4 is 11.1 Å². The highest BCUT2D eigenvalue weighted by molar-refractivity contribution is 5.87. The largest absolute Gasteiger partial charge is 0.416 e. The molecule has 1 rings (SSSR count). The van der Waals surface area contributed by atoms with E-state index in [-0.39, 0.29) is 12.8 Å². The van der Waals surface area contributed by atoms with Crippen molar-refractivity contribution >= 4 is 11.8 Å². The zero-order valence-electron chi connectivity index (χ0n) is 12.4. The number of carbonyl (C=O) groups is 2. The Hall–Kier alpha value is -2.56. The van der Waals surface area contributed by atoms with Gasteiger partial charge in [-0.3, -0.25) is 9.59 Å². The van der Waals surface area contributed by atoms with E-state index in [9.17, 15) is 22.8 Å². The third-order valence-corrected chi connectivity index (χ3v) is 3.25. The fourth-order valence-electron chi connectivity index (χ4n) is 1.98. The first-order valence-electron chi connectivity index (χ1n) is 6.77. The van der Waals surface area contributed by atoms with Gasteiger partial charge in [-0.2, -0.15) is 18.4 Å². The Balaban J connectivity index is 2.72. The second-order valence-electron chi connectivity index (χ2n) is 5.16. The maximum Gasteiger partial charge on any atom is 0.416 e. The Morgan fingerprint density at radius 2 is 1.87 bits per heavy atom. The Kier molecular flexibility index (Phi) is 6.13. The predicted molar refractivity (Wildman–Crippen MR) is 75.7 cm³/mol. The number of nitriles is 1. The van der Waals surface area contributed by atoms with Crippen LogP contribution in [-0.2, 0) is 22.2 Å². The van der Waals surface area contributed by atoms with Crippen molar-refractivity contribution in [3.05, 3.63) is 35.4 Å². The van der Waals surface area contributed by atoms with Crippen molar-refractivity contribution in [2.75, 3.05) is 0 Å². The molecule has 0 unspecified atom stereocenters. The quantitative estimate of drug-likeness (QED) is 0.833. The van der Waals surface area contributed by atoms with E-state index in [0.29, 0.717) is 5.56 Å². The number of alkyl halides is 3. The molecule has 0 radical (unpaired) electrons. The van der Waals surface area contributed by atoms with Gasteiger partial charge in [0.1, 0.15) is 6.04 Å². The summed E-state index contributed by atoms with van der Waals surface area (Å²) in [5.74, 6) is -1.79. The van der Waals surface area contributed by atoms with E-state index in [1.165, 1.54) is 12.1 Å². The van der Waals surface area contributed by atoms with Crippen LogP contribution in [0.1, 0.15) is 24.5 Å². The van der Waals surface area contributed by atoms with Gasteiger partial charge in [-0.1, -0.05) is 19.1 Å². The highest BCUT2D eigenvalue weighted by atomic mass is 19.4. The molecular weight excluding hydrogens is 311 g/mol. The molecule has 0 bridgehead atoms. The molecule has 3 N–H and O–H groups in total. The second-order valence-corrected chi connectivity index (χ2v) is 5.16. The highest BCUT2D eigenvalue weighted by Gasteiger charge is 2.30. The average Bonchev–Trinajstić information content (AvgIpc) is 2.44. The van der Waals surface area contributed by atoms with Gasteiger partial charge in [0.2, 0.25) is 11.8 Å². The van der Waals surface area contributed by atoms with E-state index in [1.807, 2.05) is 6.07 Å². The number of amides is 2. The molecule has 8 heteroatoms. The van der Waals surface area contributed by atoms with Crippen molar-refractivity contribution in [1.82, 2.24) is 5.32 Å². The SMILES string of the molecule is C[C@@H](CC#N)[C@@H](NC(=O)Cc1ccc(C(F)(F)F)cc1)C(N)=O. The van der Waals surface area contributed by atoms with Gasteiger partial charge in [0.25, 0.3) is 0 Å². The number of nitrogens with two attached hydrogens (primary N) is 1. The van der Waals surface area contributed by atoms with Gasteiger partial charge in [0.05, 0.1) is 18.1 Å². The van der Waals surface area contributed by atoms with Crippen LogP contribution in [0.25, 0.3) is 0 Å². The Labute approximate surface area is 131 Å². The lowest BCUT2D eigenvalue weighted by Crippen LogP contribution is -2.48. The lowest BCUT2D eigenvalue weighted by atomic mass is 9.98. The summed E-state index contributed by atoms with van der Waals surface area (Å²) >= 11 is 0. The summed E-state index contributed by atoms with van der Waals surface area (Å²) in [4.78, 5) is 23.2. The monoisotopic (exact) mass is 327 g/mol. The molecule has 0 spiro atoms. The molecule has 1 aromatic carbocycles. The number of carbonyl (C=O) groups excluding carboxylic acids is 2. The molecule has 124 valence electrons. The second kappa shape index (κ2) is 7.63. The van der Waals surface area contributed by atoms with E-state index in [0.717, 1.165) is 12.1 Å². The minimum absolute atomic E-state index is 0.0359. The third-order valence-electron chi connectivity index (χ3n) is 3.25. The van der Waals surface area contributed by atoms with E-state index >= 15 is 0 Å². The number of nitrogens with one attached hydrogen (secondary N) is 1. The molecular formula is C15H16F3N3O2. The number of nitrogens with zero attached hydrogens (tertiary/aromatic N) is 1. The summed E-state index contributed by atoms with van der Waals surface area (Å²) in [6.45, 7) is 1.59. The molecule has 23 heavy (non-hydrogen) atoms. The van der Waals surface area contributed by atoms with E-state index in [2.05, 4.69) is 5.32 Å². The molecule has 0 heterocycles. The lowest BCUT2D eigenvalue weighted by Gasteiger charge is -2.20. The van der Waals surface area contributed by atoms with E-state index in [4.69, 9.17) is 11.0 Å². The number of halogens is 3. The first kappa shape index (κ1) is 18.5. The molecule has 0 aliphatic carbocycles. The standard InChI is InChI=1S/C15H16F3N3O2/c1-9(6-7-19)13(14(20)23)21-12(22)8-10-2-4-11(5-3-10)15(16,17)18/h2-5,9,13H,6,8H2,1H3,(H2,20,23)(H,21,22)/t9-,13+/m0/s1. The van der Waals surface area contributed by atoms with Crippen LogP contribution in [0.15, 0.2) is 24.3 Å². The lowest BCUT2D eigenvalue weighted by molar-refractivity contribution is -0.137. The Morgan fingerprint density at radius 1 is 1.30 bits per heavy atom. The molecule has 2 atom stereocenters. The molecule has 5 nitrogen and oxygen atoms in total. The van der Waals surface area contributed by atoms with Crippen LogP contribution in [0.2, 0.25) is 0 Å². The van der Waals surface area contributed by atoms with Gasteiger partial charge in [0, 0.05) is 6.42 Å². The number of hydrogen-bond donors (Lipinski definition) is 2. The van der Waals surface area contributed by atoms with Crippen LogP contribution in [0.3, 0.4) is 0 Å². The fraction of sp³-hybridized carbons (Fsp3) is 0.400. The van der Waals surface area contributed by atoms with Gasteiger partial charge in [0.15, 0.2) is 0 Å². The Bertz CT molecular complexity index is 606. The maximum atomic E-state index is 12.4. The van der Waals surface area contributed by atoms with Crippen molar-refractivity contribution in [1.29, 1.82) is 5.26 Å². The normalized spacial score (nSPS) is 13.7. The number of primary amides is 1. The van der Waals surface area contributed by atoms with Gasteiger partial charge in [-0.05, 0) is 23.6 Å². The molecule has 2 amide bonds. The van der Waals surface area contributed by atoms with Crippen LogP contribution in [0, 0.1) is 17.2 Å². The molecule has 0 saturated carbocycles. The third kappa shape index (κ3) is 5.62. The van der Waals surface area contributed by atoms with Gasteiger partial charge < -0.3 is 11.1 Å². The van der Waals surface area contributed by atoms with Gasteiger partial charge >= 0.3 is 6.18 Å². The van der Waals surface area contributed by atoms with Crippen molar-refractivity contribution < 1.29 is 22.8 Å². The van der Waals surface area contributed by atoms with Crippen molar-refractivity contribution in [3.63, 3.8) is 0 Å². The van der Waals surface area contributed by atoms with Crippen LogP contribution in [0.5, 0.6) is 0 Å². The predicted octanol–water partition coefficient (Wildman–Crippen LogP) is 1.77. The first-order valence-corrected chi connectivity index (χ1v) is 6.77. The molecule has 0 aliphatic heterocycles. The van der Waals surface area contributed by atoms with Crippen molar-refractivity contribution in [2.45, 2.75) is 32.0 Å². The van der Waals surface area contributed by atoms with Crippen LogP contribution >= 0.6 is 0 Å². The van der Waals surface area contributed by atoms with Crippen LogP contribution in [-0.4, -0.2) is 17.9 Å². The topological polar surface area (TPSA) is 96.0 Å². The molecule has 0 fully saturated rings. The zero-order valence-corrected chi connectivity index (χ0v) is 12.4. The van der Waals surface area contributed by atoms with E-state index < -0.39 is 35.5 Å². The number of rotatable bonds is 6. The summed E-state index contributed by atoms with van der Waals surface area (Å²) in [5.41, 5.74) is 4.75. The van der Waals surface area contributed by atoms with E-state index in [1.54, 1.807) is 6.92 Å². The highest BCUT2D eigenvalue weighted by Crippen LogP contribution is 2.29. The first-order chi connectivity index (χ1) is 10.6. The number of hydrogen-bond acceptors (Lipinski definition) is 3. The minimum atomic E-state index is -4.44. The van der Waals surface area contributed by atoms with Gasteiger partial charge in [-0.25, -0.2) is 0 Å². The average molecular weight is 327 g/mol. The van der Waals surface area contributed by atoms with Crippen LogP contribution in [0.4, 0.5) is 13.2 Å². The smallest absolute Gasteiger partial charge is 0.368 e. The molecule has 0 aliphatic rings. The maximum absolute atomic E-state index is 12.4. The number of benzene rings is 1. The van der Waals surface area contributed by atoms with Crippen molar-refractivity contribution in [2.24, 2.45) is 11.7 Å². The molecule has 0 aromatic heterocycles. The minimum Gasteiger partial charge on any atom is -0.368 e. The molecule has 0 saturated heterocycles. The van der Waals surface area contributed by atoms with Gasteiger partial charge in [-0.15, -0.1) is 0 Å². The fourth-order valence-corrected chi connectivity index (χ4v) is 1.98. The summed E-state index contributed by atoms with van der Waals surface area (Å²) in [7, 11) is 0. The zero-order chi connectivity index (χ0) is 17.6. The Morgan fingerprint density at radius 3 is 2.30 bits per heavy atom. The molecule has 1 aromatic rings. The summed E-state index contributed by atoms with van der Waals surface area (Å²) < 4.78 is 37.3. The van der Waals surface area contributed by atoms with Crippen molar-refractivity contribution in [3.8, 4) is 6.07 Å². The summed E-state index contributed by atoms with van der Waals surface area (Å²) in [6.07, 6.45) is -4.60. The summed E-state index contributed by atoms with van der Waals surface area (Å²) in [5, 5.41) is 11.0. The summed E-state index contributed by atoms with van der Waals surface area (Å²) in [6, 6.07) is 5.03.